The van der Waals surface area contributed by atoms with Crippen molar-refractivity contribution in [2.75, 3.05) is 5.73 Å². The zero-order chi connectivity index (χ0) is 14.8. The normalized spacial score (nSPS) is 27.4. The number of amides is 3. The van der Waals surface area contributed by atoms with Gasteiger partial charge in [-0.05, 0) is 37.0 Å². The van der Waals surface area contributed by atoms with Crippen LogP contribution in [-0.4, -0.2) is 30.1 Å². The molecule has 3 rings (SSSR count). The fraction of sp³-hybridized carbons (Fsp3) is 0.467. The molecule has 2 fully saturated rings. The molecule has 3 unspecified atom stereocenters. The van der Waals surface area contributed by atoms with Gasteiger partial charge in [-0.25, -0.2) is 4.79 Å². The summed E-state index contributed by atoms with van der Waals surface area (Å²) in [7, 11) is 0. The van der Waals surface area contributed by atoms with E-state index in [1.54, 1.807) is 12.1 Å². The van der Waals surface area contributed by atoms with Gasteiger partial charge in [-0.3, -0.25) is 4.79 Å². The summed E-state index contributed by atoms with van der Waals surface area (Å²) in [5.74, 6) is 0.0144. The van der Waals surface area contributed by atoms with Crippen LogP contribution in [0.2, 0.25) is 0 Å². The predicted octanol–water partition coefficient (Wildman–Crippen LogP) is 0.530. The molecule has 21 heavy (non-hydrogen) atoms. The summed E-state index contributed by atoms with van der Waals surface area (Å²) in [4.78, 5) is 23.4. The van der Waals surface area contributed by atoms with E-state index in [1.807, 2.05) is 12.1 Å². The van der Waals surface area contributed by atoms with Crippen LogP contribution in [0.4, 0.5) is 10.5 Å². The van der Waals surface area contributed by atoms with Crippen molar-refractivity contribution >= 4 is 17.6 Å². The maximum atomic E-state index is 12.1. The second-order valence-electron chi connectivity index (χ2n) is 5.83. The van der Waals surface area contributed by atoms with Crippen LogP contribution in [0.15, 0.2) is 24.3 Å². The Labute approximate surface area is 123 Å². The van der Waals surface area contributed by atoms with Crippen LogP contribution in [-0.2, 0) is 11.2 Å². The highest BCUT2D eigenvalue weighted by Crippen LogP contribution is 2.22. The molecular weight excluding hydrogens is 268 g/mol. The zero-order valence-electron chi connectivity index (χ0n) is 11.8. The molecule has 1 aliphatic heterocycles. The van der Waals surface area contributed by atoms with E-state index < -0.39 is 0 Å². The standard InChI is InChI=1S/C15H20N4O2/c16-10-3-1-9(2-4-10)7-14(20)17-11-5-6-12-13(8-11)19-15(21)18-12/h1-4,11-13H,5-8,16H2,(H,17,20)(H2,18,19,21). The number of anilines is 1. The van der Waals surface area contributed by atoms with E-state index in [0.717, 1.165) is 24.8 Å². The molecule has 1 aliphatic carbocycles. The van der Waals surface area contributed by atoms with Crippen LogP contribution >= 0.6 is 0 Å². The van der Waals surface area contributed by atoms with Gasteiger partial charge in [0.25, 0.3) is 0 Å². The van der Waals surface area contributed by atoms with Crippen molar-refractivity contribution in [3.8, 4) is 0 Å². The van der Waals surface area contributed by atoms with Gasteiger partial charge in [0.05, 0.1) is 18.5 Å². The van der Waals surface area contributed by atoms with Crippen molar-refractivity contribution in [3.05, 3.63) is 29.8 Å². The molecule has 112 valence electrons. The number of nitrogens with one attached hydrogen (secondary N) is 3. The third-order valence-electron chi connectivity index (χ3n) is 4.19. The number of urea groups is 1. The lowest BCUT2D eigenvalue weighted by molar-refractivity contribution is -0.121. The minimum atomic E-state index is -0.0983. The van der Waals surface area contributed by atoms with Crippen LogP contribution in [0.1, 0.15) is 24.8 Å². The van der Waals surface area contributed by atoms with E-state index >= 15 is 0 Å². The van der Waals surface area contributed by atoms with Crippen molar-refractivity contribution < 1.29 is 9.59 Å². The SMILES string of the molecule is Nc1ccc(CC(=O)NC2CCC3NC(=O)NC3C2)cc1. The van der Waals surface area contributed by atoms with Crippen molar-refractivity contribution in [3.63, 3.8) is 0 Å². The fourth-order valence-corrected chi connectivity index (χ4v) is 3.11. The summed E-state index contributed by atoms with van der Waals surface area (Å²) < 4.78 is 0. The van der Waals surface area contributed by atoms with Gasteiger partial charge >= 0.3 is 6.03 Å². The number of carbonyl (C=O) groups excluding carboxylic acids is 2. The molecule has 1 aromatic rings. The lowest BCUT2D eigenvalue weighted by atomic mass is 9.88. The maximum absolute atomic E-state index is 12.1. The number of carbonyl (C=O) groups is 2. The Kier molecular flexibility index (Phi) is 3.68. The third-order valence-corrected chi connectivity index (χ3v) is 4.19. The van der Waals surface area contributed by atoms with Gasteiger partial charge < -0.3 is 21.7 Å². The zero-order valence-corrected chi connectivity index (χ0v) is 11.8. The minimum absolute atomic E-state index is 0.0144. The van der Waals surface area contributed by atoms with Crippen LogP contribution in [0.3, 0.4) is 0 Å². The topological polar surface area (TPSA) is 96.2 Å². The number of rotatable bonds is 3. The van der Waals surface area contributed by atoms with E-state index in [9.17, 15) is 9.59 Å². The molecule has 3 amide bonds. The van der Waals surface area contributed by atoms with Crippen LogP contribution in [0.5, 0.6) is 0 Å². The van der Waals surface area contributed by atoms with Crippen molar-refractivity contribution in [1.82, 2.24) is 16.0 Å². The average molecular weight is 288 g/mol. The van der Waals surface area contributed by atoms with E-state index in [1.165, 1.54) is 0 Å². The first-order valence-corrected chi connectivity index (χ1v) is 7.31. The highest BCUT2D eigenvalue weighted by Gasteiger charge is 2.37. The van der Waals surface area contributed by atoms with Gasteiger partial charge in [-0.15, -0.1) is 0 Å². The van der Waals surface area contributed by atoms with E-state index in [-0.39, 0.29) is 30.1 Å². The lowest BCUT2D eigenvalue weighted by Crippen LogP contribution is -2.48. The third kappa shape index (κ3) is 3.26. The summed E-state index contributed by atoms with van der Waals surface area (Å²) in [5, 5.41) is 8.86. The number of hydrogen-bond acceptors (Lipinski definition) is 3. The molecule has 1 saturated heterocycles. The Morgan fingerprint density at radius 1 is 1.19 bits per heavy atom. The van der Waals surface area contributed by atoms with Crippen molar-refractivity contribution in [2.24, 2.45) is 0 Å². The van der Waals surface area contributed by atoms with Gasteiger partial charge in [0.1, 0.15) is 0 Å². The monoisotopic (exact) mass is 288 g/mol. The Bertz CT molecular complexity index is 543. The highest BCUT2D eigenvalue weighted by atomic mass is 16.2. The second-order valence-corrected chi connectivity index (χ2v) is 5.83. The summed E-state index contributed by atoms with van der Waals surface area (Å²) in [6.45, 7) is 0. The van der Waals surface area contributed by atoms with E-state index in [2.05, 4.69) is 16.0 Å². The van der Waals surface area contributed by atoms with Crippen LogP contribution < -0.4 is 21.7 Å². The number of hydrogen-bond donors (Lipinski definition) is 4. The first-order valence-electron chi connectivity index (χ1n) is 7.31. The summed E-state index contributed by atoms with van der Waals surface area (Å²) >= 11 is 0. The summed E-state index contributed by atoms with van der Waals surface area (Å²) in [6, 6.07) is 7.71. The molecule has 6 nitrogen and oxygen atoms in total. The largest absolute Gasteiger partial charge is 0.399 e. The number of nitrogens with two attached hydrogens (primary N) is 1. The molecule has 5 N–H and O–H groups in total. The fourth-order valence-electron chi connectivity index (χ4n) is 3.11. The molecular formula is C15H20N4O2. The number of fused-ring (bicyclic) bond motifs is 1. The Balaban J connectivity index is 1.51. The predicted molar refractivity (Wildman–Crippen MR) is 79.6 cm³/mol. The van der Waals surface area contributed by atoms with Gasteiger partial charge in [-0.1, -0.05) is 12.1 Å². The molecule has 0 aromatic heterocycles. The Morgan fingerprint density at radius 2 is 1.90 bits per heavy atom. The molecule has 6 heteroatoms. The molecule has 3 atom stereocenters. The van der Waals surface area contributed by atoms with Gasteiger partial charge in [0, 0.05) is 11.7 Å². The second kappa shape index (κ2) is 5.63. The van der Waals surface area contributed by atoms with E-state index in [0.29, 0.717) is 12.1 Å². The minimum Gasteiger partial charge on any atom is -0.399 e. The van der Waals surface area contributed by atoms with Crippen LogP contribution in [0, 0.1) is 0 Å². The van der Waals surface area contributed by atoms with Crippen molar-refractivity contribution in [2.45, 2.75) is 43.8 Å². The van der Waals surface area contributed by atoms with Gasteiger partial charge in [0.2, 0.25) is 5.91 Å². The first kappa shape index (κ1) is 13.7. The summed E-state index contributed by atoms with van der Waals surface area (Å²) in [5.41, 5.74) is 7.27. The Hall–Kier alpha value is -2.24. The molecule has 1 heterocycles. The van der Waals surface area contributed by atoms with Gasteiger partial charge in [0.15, 0.2) is 0 Å². The highest BCUT2D eigenvalue weighted by molar-refractivity contribution is 5.79. The van der Waals surface area contributed by atoms with Gasteiger partial charge in [-0.2, -0.15) is 0 Å². The lowest BCUT2D eigenvalue weighted by Gasteiger charge is -2.31. The number of benzene rings is 1. The molecule has 0 radical (unpaired) electrons. The quantitative estimate of drug-likeness (QED) is 0.611. The molecule has 2 aliphatic rings. The Morgan fingerprint density at radius 3 is 2.67 bits per heavy atom. The van der Waals surface area contributed by atoms with Crippen molar-refractivity contribution in [1.29, 1.82) is 0 Å². The molecule has 0 bridgehead atoms. The van der Waals surface area contributed by atoms with Crippen LogP contribution in [0.25, 0.3) is 0 Å². The molecule has 1 saturated carbocycles. The smallest absolute Gasteiger partial charge is 0.315 e. The van der Waals surface area contributed by atoms with E-state index in [4.69, 9.17) is 5.73 Å². The average Bonchev–Trinajstić information content (AvgIpc) is 2.80. The molecule has 0 spiro atoms. The molecule has 1 aromatic carbocycles. The summed E-state index contributed by atoms with van der Waals surface area (Å²) in [6.07, 6.45) is 2.94. The first-order chi connectivity index (χ1) is 10.1. The number of nitrogen functional groups attached to an aromatic ring is 1. The maximum Gasteiger partial charge on any atom is 0.315 e.